The summed E-state index contributed by atoms with van der Waals surface area (Å²) in [6.45, 7) is 6.42. The first-order valence-electron chi connectivity index (χ1n) is 7.19. The van der Waals surface area contributed by atoms with Crippen LogP contribution in [0.2, 0.25) is 0 Å². The van der Waals surface area contributed by atoms with Crippen molar-refractivity contribution < 1.29 is 0 Å². The van der Waals surface area contributed by atoms with Gasteiger partial charge >= 0.3 is 0 Å². The van der Waals surface area contributed by atoms with Crippen molar-refractivity contribution in [3.63, 3.8) is 0 Å². The van der Waals surface area contributed by atoms with Gasteiger partial charge in [-0.2, -0.15) is 0 Å². The Morgan fingerprint density at radius 1 is 1.48 bits per heavy atom. The number of hydrogen-bond donors (Lipinski definition) is 1. The van der Waals surface area contributed by atoms with Gasteiger partial charge in [0.05, 0.1) is 6.54 Å². The van der Waals surface area contributed by atoms with Crippen LogP contribution in [0.4, 0.5) is 0 Å². The average Bonchev–Trinajstić information content (AvgIpc) is 2.44. The lowest BCUT2D eigenvalue weighted by atomic mass is 10.0. The molecule has 5 nitrogen and oxygen atoms in total. The lowest BCUT2D eigenvalue weighted by Gasteiger charge is -2.31. The van der Waals surface area contributed by atoms with E-state index >= 15 is 0 Å². The van der Waals surface area contributed by atoms with Gasteiger partial charge in [0, 0.05) is 31.4 Å². The summed E-state index contributed by atoms with van der Waals surface area (Å²) in [5.74, 6) is 1.21. The standard InChI is InChI=1S/C15H24N4O.HI/c1-11-5-4-8-19(10-11)15(16)17-9-13-7-6-12(2)18(3)14(13)20;/h6-7,11H,4-5,8-10H2,1-3H3,(H2,16,17);1H. The first kappa shape index (κ1) is 18.0. The zero-order valence-corrected chi connectivity index (χ0v) is 15.3. The van der Waals surface area contributed by atoms with Crippen LogP contribution in [-0.4, -0.2) is 28.5 Å². The molecule has 1 atom stereocenters. The van der Waals surface area contributed by atoms with Crippen LogP contribution in [0.15, 0.2) is 21.9 Å². The van der Waals surface area contributed by atoms with Crippen LogP contribution in [-0.2, 0) is 13.6 Å². The minimum atomic E-state index is 0. The monoisotopic (exact) mass is 404 g/mol. The van der Waals surface area contributed by atoms with E-state index in [1.165, 1.54) is 6.42 Å². The number of nitrogens with zero attached hydrogens (tertiary/aromatic N) is 3. The molecule has 1 aliphatic heterocycles. The van der Waals surface area contributed by atoms with Gasteiger partial charge in [-0.05, 0) is 37.8 Å². The molecule has 1 aromatic rings. The Morgan fingerprint density at radius 3 is 2.86 bits per heavy atom. The molecular formula is C15H25IN4O. The van der Waals surface area contributed by atoms with E-state index in [1.54, 1.807) is 11.6 Å². The number of aryl methyl sites for hydroxylation is 1. The van der Waals surface area contributed by atoms with Gasteiger partial charge in [0.1, 0.15) is 0 Å². The molecule has 0 radical (unpaired) electrons. The molecule has 0 saturated carbocycles. The van der Waals surface area contributed by atoms with Crippen LogP contribution in [0.3, 0.4) is 0 Å². The molecule has 1 aliphatic rings. The Bertz CT molecular complexity index is 567. The van der Waals surface area contributed by atoms with Crippen molar-refractivity contribution in [3.05, 3.63) is 33.7 Å². The predicted octanol–water partition coefficient (Wildman–Crippen LogP) is 1.86. The molecule has 2 N–H and O–H groups in total. The van der Waals surface area contributed by atoms with Crippen LogP contribution in [0.1, 0.15) is 31.0 Å². The number of nitrogens with two attached hydrogens (primary N) is 1. The maximum absolute atomic E-state index is 12.1. The highest BCUT2D eigenvalue weighted by molar-refractivity contribution is 14.0. The second-order valence-electron chi connectivity index (χ2n) is 5.73. The fourth-order valence-corrected chi connectivity index (χ4v) is 2.56. The van der Waals surface area contributed by atoms with Crippen LogP contribution in [0.25, 0.3) is 0 Å². The van der Waals surface area contributed by atoms with E-state index in [4.69, 9.17) is 5.73 Å². The largest absolute Gasteiger partial charge is 0.370 e. The predicted molar refractivity (Wildman–Crippen MR) is 97.1 cm³/mol. The topological polar surface area (TPSA) is 63.6 Å². The SMILES string of the molecule is Cc1ccc(CN=C(N)N2CCCC(C)C2)c(=O)n1C.I. The van der Waals surface area contributed by atoms with Gasteiger partial charge in [-0.25, -0.2) is 4.99 Å². The quantitative estimate of drug-likeness (QED) is 0.465. The highest BCUT2D eigenvalue weighted by atomic mass is 127. The van der Waals surface area contributed by atoms with Gasteiger partial charge in [0.15, 0.2) is 5.96 Å². The van der Waals surface area contributed by atoms with E-state index < -0.39 is 0 Å². The molecular weight excluding hydrogens is 379 g/mol. The Hall–Kier alpha value is -1.05. The zero-order chi connectivity index (χ0) is 14.7. The molecule has 1 aromatic heterocycles. The molecule has 0 amide bonds. The first-order valence-corrected chi connectivity index (χ1v) is 7.19. The normalized spacial score (nSPS) is 19.3. The van der Waals surface area contributed by atoms with E-state index in [0.717, 1.165) is 25.2 Å². The van der Waals surface area contributed by atoms with Crippen molar-refractivity contribution in [2.45, 2.75) is 33.2 Å². The van der Waals surface area contributed by atoms with Gasteiger partial charge in [0.25, 0.3) is 5.56 Å². The first-order chi connectivity index (χ1) is 9.49. The summed E-state index contributed by atoms with van der Waals surface area (Å²) < 4.78 is 1.64. The summed E-state index contributed by atoms with van der Waals surface area (Å²) in [5, 5.41) is 0. The second kappa shape index (κ2) is 7.82. The molecule has 21 heavy (non-hydrogen) atoms. The van der Waals surface area contributed by atoms with E-state index in [1.807, 2.05) is 19.1 Å². The summed E-state index contributed by atoms with van der Waals surface area (Å²) in [6.07, 6.45) is 2.41. The number of hydrogen-bond acceptors (Lipinski definition) is 2. The lowest BCUT2D eigenvalue weighted by molar-refractivity contribution is 0.270. The highest BCUT2D eigenvalue weighted by Gasteiger charge is 2.17. The zero-order valence-electron chi connectivity index (χ0n) is 13.0. The maximum Gasteiger partial charge on any atom is 0.255 e. The van der Waals surface area contributed by atoms with Crippen LogP contribution < -0.4 is 11.3 Å². The minimum absolute atomic E-state index is 0. The van der Waals surface area contributed by atoms with Gasteiger partial charge in [-0.15, -0.1) is 24.0 Å². The minimum Gasteiger partial charge on any atom is -0.370 e. The fourth-order valence-electron chi connectivity index (χ4n) is 2.56. The Balaban J connectivity index is 0.00000220. The van der Waals surface area contributed by atoms with Gasteiger partial charge < -0.3 is 15.2 Å². The molecule has 0 bridgehead atoms. The molecule has 1 saturated heterocycles. The smallest absolute Gasteiger partial charge is 0.255 e. The Kier molecular flexibility index (Phi) is 6.70. The fraction of sp³-hybridized carbons (Fsp3) is 0.600. The molecule has 0 aliphatic carbocycles. The van der Waals surface area contributed by atoms with Gasteiger partial charge in [-0.1, -0.05) is 6.92 Å². The number of piperidine rings is 1. The summed E-state index contributed by atoms with van der Waals surface area (Å²) in [5.41, 5.74) is 7.68. The van der Waals surface area contributed by atoms with Crippen LogP contribution >= 0.6 is 24.0 Å². The number of aromatic nitrogens is 1. The maximum atomic E-state index is 12.1. The number of likely N-dealkylation sites (tertiary alicyclic amines) is 1. The van der Waals surface area contributed by atoms with E-state index in [-0.39, 0.29) is 29.5 Å². The molecule has 1 fully saturated rings. The molecule has 0 spiro atoms. The number of halogens is 1. The van der Waals surface area contributed by atoms with Gasteiger partial charge in [-0.3, -0.25) is 4.79 Å². The van der Waals surface area contributed by atoms with Crippen molar-refractivity contribution in [2.24, 2.45) is 23.7 Å². The second-order valence-corrected chi connectivity index (χ2v) is 5.73. The summed E-state index contributed by atoms with van der Waals surface area (Å²) in [4.78, 5) is 18.6. The summed E-state index contributed by atoms with van der Waals surface area (Å²) in [7, 11) is 1.78. The van der Waals surface area contributed by atoms with E-state index in [2.05, 4.69) is 16.8 Å². The Morgan fingerprint density at radius 2 is 2.19 bits per heavy atom. The van der Waals surface area contributed by atoms with Crippen LogP contribution in [0, 0.1) is 12.8 Å². The van der Waals surface area contributed by atoms with Crippen molar-refractivity contribution in [2.75, 3.05) is 13.1 Å². The number of rotatable bonds is 2. The number of guanidine groups is 1. The molecule has 0 aromatic carbocycles. The van der Waals surface area contributed by atoms with E-state index in [9.17, 15) is 4.79 Å². The summed E-state index contributed by atoms with van der Waals surface area (Å²) in [6, 6.07) is 3.78. The van der Waals surface area contributed by atoms with Gasteiger partial charge in [0.2, 0.25) is 0 Å². The van der Waals surface area contributed by atoms with Crippen LogP contribution in [0.5, 0.6) is 0 Å². The van der Waals surface area contributed by atoms with Crippen molar-refractivity contribution in [1.82, 2.24) is 9.47 Å². The van der Waals surface area contributed by atoms with Crippen molar-refractivity contribution in [1.29, 1.82) is 0 Å². The number of aliphatic imine (C=N–C) groups is 1. The lowest BCUT2D eigenvalue weighted by Crippen LogP contribution is -2.43. The molecule has 2 heterocycles. The van der Waals surface area contributed by atoms with E-state index in [0.29, 0.717) is 24.0 Å². The average molecular weight is 404 g/mol. The third kappa shape index (κ3) is 4.46. The summed E-state index contributed by atoms with van der Waals surface area (Å²) >= 11 is 0. The molecule has 1 unspecified atom stereocenters. The Labute approximate surface area is 143 Å². The molecule has 2 rings (SSSR count). The third-order valence-electron chi connectivity index (χ3n) is 4.03. The van der Waals surface area contributed by atoms with Crippen molar-refractivity contribution in [3.8, 4) is 0 Å². The number of pyridine rings is 1. The molecule has 6 heteroatoms. The van der Waals surface area contributed by atoms with Crippen molar-refractivity contribution >= 4 is 29.9 Å². The third-order valence-corrected chi connectivity index (χ3v) is 4.03. The highest BCUT2D eigenvalue weighted by Crippen LogP contribution is 2.15. The molecule has 118 valence electrons.